The maximum Gasteiger partial charge on any atom is 0.261 e. The van der Waals surface area contributed by atoms with E-state index in [0.717, 1.165) is 43.7 Å². The van der Waals surface area contributed by atoms with Crippen LogP contribution in [0.4, 0.5) is 0 Å². The van der Waals surface area contributed by atoms with Crippen LogP contribution in [0.3, 0.4) is 0 Å². The van der Waals surface area contributed by atoms with Gasteiger partial charge in [0.05, 0.1) is 11.1 Å². The molecule has 5 heteroatoms. The Labute approximate surface area is 137 Å². The Balaban J connectivity index is 2.25. The van der Waals surface area contributed by atoms with Crippen LogP contribution in [0.2, 0.25) is 0 Å². The van der Waals surface area contributed by atoms with Crippen molar-refractivity contribution in [3.05, 3.63) is 34.9 Å². The van der Waals surface area contributed by atoms with Gasteiger partial charge in [0.1, 0.15) is 0 Å². The third-order valence-electron chi connectivity index (χ3n) is 4.19. The molecule has 0 bridgehead atoms. The Morgan fingerprint density at radius 2 is 1.57 bits per heavy atom. The second-order valence-corrected chi connectivity index (χ2v) is 5.93. The average Bonchev–Trinajstić information content (AvgIpc) is 2.78. The van der Waals surface area contributed by atoms with E-state index >= 15 is 0 Å². The molecule has 1 aliphatic heterocycles. The molecule has 1 heterocycles. The zero-order valence-electron chi connectivity index (χ0n) is 14.1. The number of amides is 3. The van der Waals surface area contributed by atoms with Crippen molar-refractivity contribution in [2.45, 2.75) is 39.5 Å². The predicted octanol–water partition coefficient (Wildman–Crippen LogP) is 2.95. The van der Waals surface area contributed by atoms with Gasteiger partial charge in [-0.3, -0.25) is 19.3 Å². The van der Waals surface area contributed by atoms with Crippen LogP contribution in [0.25, 0.3) is 0 Å². The molecule has 0 N–H and O–H groups in total. The highest BCUT2D eigenvalue weighted by molar-refractivity contribution is 6.21. The topological polar surface area (TPSA) is 57.7 Å². The number of nitrogens with zero attached hydrogens (tertiary/aromatic N) is 2. The van der Waals surface area contributed by atoms with Gasteiger partial charge in [0.2, 0.25) is 0 Å². The van der Waals surface area contributed by atoms with Crippen LogP contribution in [-0.4, -0.2) is 47.7 Å². The van der Waals surface area contributed by atoms with Gasteiger partial charge >= 0.3 is 0 Å². The molecule has 2 rings (SSSR count). The molecule has 3 amide bonds. The highest BCUT2D eigenvalue weighted by Crippen LogP contribution is 2.23. The molecule has 1 aromatic carbocycles. The van der Waals surface area contributed by atoms with Crippen LogP contribution in [0.1, 0.15) is 70.6 Å². The van der Waals surface area contributed by atoms with Gasteiger partial charge in [-0.25, -0.2) is 0 Å². The lowest BCUT2D eigenvalue weighted by Crippen LogP contribution is -2.33. The zero-order chi connectivity index (χ0) is 17.0. The van der Waals surface area contributed by atoms with E-state index < -0.39 is 0 Å². The van der Waals surface area contributed by atoms with Crippen LogP contribution in [0.5, 0.6) is 0 Å². The summed E-state index contributed by atoms with van der Waals surface area (Å²) in [6, 6.07) is 4.80. The minimum absolute atomic E-state index is 0.0653. The first kappa shape index (κ1) is 17.2. The maximum atomic E-state index is 12.7. The lowest BCUT2D eigenvalue weighted by Gasteiger charge is -2.22. The smallest absolute Gasteiger partial charge is 0.261 e. The number of hydrogen-bond donors (Lipinski definition) is 0. The minimum Gasteiger partial charge on any atom is -0.339 e. The van der Waals surface area contributed by atoms with Crippen LogP contribution in [0.15, 0.2) is 18.2 Å². The third-order valence-corrected chi connectivity index (χ3v) is 4.19. The van der Waals surface area contributed by atoms with Crippen molar-refractivity contribution in [2.24, 2.45) is 0 Å². The van der Waals surface area contributed by atoms with Gasteiger partial charge in [0.25, 0.3) is 17.7 Å². The van der Waals surface area contributed by atoms with E-state index in [1.165, 1.54) is 7.05 Å². The molecule has 124 valence electrons. The number of rotatable bonds is 7. The quantitative estimate of drug-likeness (QED) is 0.727. The first-order valence-corrected chi connectivity index (χ1v) is 8.27. The highest BCUT2D eigenvalue weighted by atomic mass is 16.2. The lowest BCUT2D eigenvalue weighted by atomic mass is 10.0. The van der Waals surface area contributed by atoms with Crippen molar-refractivity contribution >= 4 is 17.7 Å². The maximum absolute atomic E-state index is 12.7. The fourth-order valence-electron chi connectivity index (χ4n) is 2.69. The summed E-state index contributed by atoms with van der Waals surface area (Å²) in [7, 11) is 1.46. The van der Waals surface area contributed by atoms with Gasteiger partial charge in [0.15, 0.2) is 0 Å². The Hall–Kier alpha value is -2.17. The zero-order valence-corrected chi connectivity index (χ0v) is 14.1. The van der Waals surface area contributed by atoms with Gasteiger partial charge in [-0.1, -0.05) is 26.7 Å². The molecule has 0 spiro atoms. The van der Waals surface area contributed by atoms with E-state index in [4.69, 9.17) is 0 Å². The molecule has 0 aromatic heterocycles. The van der Waals surface area contributed by atoms with Crippen molar-refractivity contribution in [3.63, 3.8) is 0 Å². The number of carbonyl (C=O) groups excluding carboxylic acids is 3. The Kier molecular flexibility index (Phi) is 5.53. The number of fused-ring (bicyclic) bond motifs is 1. The molecule has 0 atom stereocenters. The van der Waals surface area contributed by atoms with Crippen molar-refractivity contribution in [3.8, 4) is 0 Å². The molecule has 0 saturated carbocycles. The van der Waals surface area contributed by atoms with Crippen LogP contribution in [0, 0.1) is 0 Å². The summed E-state index contributed by atoms with van der Waals surface area (Å²) >= 11 is 0. The molecule has 1 aliphatic rings. The summed E-state index contributed by atoms with van der Waals surface area (Å²) in [6.45, 7) is 5.63. The summed E-state index contributed by atoms with van der Waals surface area (Å²) in [5, 5.41) is 0. The molecule has 5 nitrogen and oxygen atoms in total. The van der Waals surface area contributed by atoms with Crippen LogP contribution < -0.4 is 0 Å². The SMILES string of the molecule is CCCCN(CCCC)C(=O)c1ccc2c(c1)C(=O)N(C)C2=O. The Morgan fingerprint density at radius 3 is 2.13 bits per heavy atom. The molecule has 0 saturated heterocycles. The normalized spacial score (nSPS) is 13.4. The van der Waals surface area contributed by atoms with Crippen molar-refractivity contribution < 1.29 is 14.4 Å². The van der Waals surface area contributed by atoms with Crippen molar-refractivity contribution in [1.82, 2.24) is 9.80 Å². The van der Waals surface area contributed by atoms with E-state index in [0.29, 0.717) is 16.7 Å². The number of hydrogen-bond acceptors (Lipinski definition) is 3. The largest absolute Gasteiger partial charge is 0.339 e. The molecule has 1 aromatic rings. The average molecular weight is 316 g/mol. The van der Waals surface area contributed by atoms with Gasteiger partial charge < -0.3 is 4.90 Å². The first-order valence-electron chi connectivity index (χ1n) is 8.27. The highest BCUT2D eigenvalue weighted by Gasteiger charge is 2.33. The van der Waals surface area contributed by atoms with Crippen molar-refractivity contribution in [1.29, 1.82) is 0 Å². The van der Waals surface area contributed by atoms with E-state index in [1.807, 2.05) is 4.90 Å². The van der Waals surface area contributed by atoms with E-state index in [-0.39, 0.29) is 17.7 Å². The number of carbonyl (C=O) groups is 3. The summed E-state index contributed by atoms with van der Waals surface area (Å²) in [4.78, 5) is 39.7. The van der Waals surface area contributed by atoms with Crippen LogP contribution >= 0.6 is 0 Å². The lowest BCUT2D eigenvalue weighted by molar-refractivity contribution is 0.0692. The molecular formula is C18H24N2O3. The molecule has 0 fully saturated rings. The number of unbranched alkanes of at least 4 members (excludes halogenated alkanes) is 2. The monoisotopic (exact) mass is 316 g/mol. The summed E-state index contributed by atoms with van der Waals surface area (Å²) in [5.41, 5.74) is 1.18. The minimum atomic E-state index is -0.340. The number of imide groups is 1. The fourth-order valence-corrected chi connectivity index (χ4v) is 2.69. The predicted molar refractivity (Wildman–Crippen MR) is 88.6 cm³/mol. The van der Waals surface area contributed by atoms with E-state index in [1.54, 1.807) is 18.2 Å². The second-order valence-electron chi connectivity index (χ2n) is 5.93. The molecule has 23 heavy (non-hydrogen) atoms. The summed E-state index contributed by atoms with van der Waals surface area (Å²) in [6.07, 6.45) is 3.97. The van der Waals surface area contributed by atoms with Crippen LogP contribution in [-0.2, 0) is 0 Å². The summed E-state index contributed by atoms with van der Waals surface area (Å²) in [5.74, 6) is -0.712. The summed E-state index contributed by atoms with van der Waals surface area (Å²) < 4.78 is 0. The molecular weight excluding hydrogens is 292 g/mol. The Bertz CT molecular complexity index is 617. The second kappa shape index (κ2) is 7.40. The number of benzene rings is 1. The fraction of sp³-hybridized carbons (Fsp3) is 0.500. The first-order chi connectivity index (χ1) is 11.0. The van der Waals surface area contributed by atoms with Crippen molar-refractivity contribution in [2.75, 3.05) is 20.1 Å². The molecule has 0 aliphatic carbocycles. The van der Waals surface area contributed by atoms with E-state index in [2.05, 4.69) is 13.8 Å². The van der Waals surface area contributed by atoms with Gasteiger partial charge in [0, 0.05) is 25.7 Å². The van der Waals surface area contributed by atoms with Gasteiger partial charge in [-0.15, -0.1) is 0 Å². The van der Waals surface area contributed by atoms with Gasteiger partial charge in [-0.05, 0) is 31.0 Å². The van der Waals surface area contributed by atoms with E-state index in [9.17, 15) is 14.4 Å². The van der Waals surface area contributed by atoms with Gasteiger partial charge in [-0.2, -0.15) is 0 Å². The Morgan fingerprint density at radius 1 is 1.00 bits per heavy atom. The standard InChI is InChI=1S/C18H24N2O3/c1-4-6-10-20(11-7-5-2)16(21)13-8-9-14-15(12-13)18(23)19(3)17(14)22/h8-9,12H,4-7,10-11H2,1-3H3. The molecule has 0 unspecified atom stereocenters. The molecule has 0 radical (unpaired) electrons. The third kappa shape index (κ3) is 3.44.